The summed E-state index contributed by atoms with van der Waals surface area (Å²) >= 11 is 0. The van der Waals surface area contributed by atoms with Crippen LogP contribution in [0.5, 0.6) is 11.8 Å². The van der Waals surface area contributed by atoms with E-state index in [0.29, 0.717) is 4.73 Å². The van der Waals surface area contributed by atoms with Crippen LogP contribution in [0.3, 0.4) is 0 Å². The molecule has 0 atom stereocenters. The van der Waals surface area contributed by atoms with Gasteiger partial charge in [0.1, 0.15) is 11.2 Å². The number of hydrogen-bond donors (Lipinski definition) is 4. The third-order valence-corrected chi connectivity index (χ3v) is 6.97. The van der Waals surface area contributed by atoms with E-state index >= 15 is 0 Å². The summed E-state index contributed by atoms with van der Waals surface area (Å²) in [6, 6.07) is 2.17. The van der Waals surface area contributed by atoms with Crippen LogP contribution in [0.15, 0.2) is 12.1 Å². The molecule has 52 heavy (non-hydrogen) atoms. The molecule has 1 aromatic rings. The van der Waals surface area contributed by atoms with Gasteiger partial charge < -0.3 is 49.7 Å². The van der Waals surface area contributed by atoms with Crippen molar-refractivity contribution in [3.05, 3.63) is 12.1 Å². The summed E-state index contributed by atoms with van der Waals surface area (Å²) < 4.78 is 15.9. The minimum Gasteiger partial charge on any atom is -0.492 e. The monoisotopic (exact) mass is 739 g/mol. The van der Waals surface area contributed by atoms with Crippen LogP contribution in [0.2, 0.25) is 0 Å². The van der Waals surface area contributed by atoms with Gasteiger partial charge in [0.2, 0.25) is 29.7 Å². The van der Waals surface area contributed by atoms with Crippen LogP contribution in [-0.2, 0) is 43.0 Å². The maximum absolute atomic E-state index is 13.3. The van der Waals surface area contributed by atoms with Crippen LogP contribution < -0.4 is 15.5 Å². The summed E-state index contributed by atoms with van der Waals surface area (Å²) in [4.78, 5) is 107. The lowest BCUT2D eigenvalue weighted by atomic mass is 10.2. The quantitative estimate of drug-likeness (QED) is 0.0988. The highest BCUT2D eigenvalue weighted by Gasteiger charge is 2.36. The Balaban J connectivity index is 2.15. The van der Waals surface area contributed by atoms with Crippen LogP contribution in [0.1, 0.15) is 80.1 Å². The number of carbonyl (C=O) groups is 8. The van der Waals surface area contributed by atoms with E-state index < -0.39 is 89.4 Å². The van der Waals surface area contributed by atoms with Gasteiger partial charge in [0, 0.05) is 77.1 Å². The van der Waals surface area contributed by atoms with E-state index in [2.05, 4.69) is 10.6 Å². The minimum atomic E-state index is -1.49. The number of amides is 4. The molecule has 0 bridgehead atoms. The number of nitrogens with one attached hydrogen (secondary N) is 2. The number of nitrogens with zero attached hydrogens (tertiary/aromatic N) is 3. The SMILES string of the molecule is CC(C)(C)OC(=O)NCCC(=O)N(CCC(=O)OC1C(=O)CCC1=O)CCN(CCC(=O)On1c(O)ccc1O)C(=O)CCNC(=O)OC(C)(C)C. The molecule has 0 aromatic carbocycles. The fourth-order valence-corrected chi connectivity index (χ4v) is 4.56. The lowest BCUT2D eigenvalue weighted by Crippen LogP contribution is -2.44. The lowest BCUT2D eigenvalue weighted by molar-refractivity contribution is -0.158. The Morgan fingerprint density at radius 3 is 1.50 bits per heavy atom. The minimum absolute atomic E-state index is 0.0372. The van der Waals surface area contributed by atoms with E-state index in [9.17, 15) is 48.6 Å². The van der Waals surface area contributed by atoms with Crippen molar-refractivity contribution >= 4 is 47.5 Å². The van der Waals surface area contributed by atoms with Crippen molar-refractivity contribution < 1.29 is 67.6 Å². The molecule has 4 amide bonds. The Kier molecular flexibility index (Phi) is 15.9. The molecule has 0 radical (unpaired) electrons. The van der Waals surface area contributed by atoms with Gasteiger partial charge in [0.05, 0.1) is 12.8 Å². The number of ether oxygens (including phenoxy) is 3. The number of aromatic nitrogens is 1. The first-order valence-electron chi connectivity index (χ1n) is 16.7. The highest BCUT2D eigenvalue weighted by Crippen LogP contribution is 2.19. The van der Waals surface area contributed by atoms with Crippen LogP contribution in [0.25, 0.3) is 0 Å². The van der Waals surface area contributed by atoms with Crippen molar-refractivity contribution in [3.8, 4) is 11.8 Å². The molecule has 0 unspecified atom stereocenters. The predicted octanol–water partition coefficient (Wildman–Crippen LogP) is 0.965. The molecule has 4 N–H and O–H groups in total. The van der Waals surface area contributed by atoms with Crippen LogP contribution >= 0.6 is 0 Å². The summed E-state index contributed by atoms with van der Waals surface area (Å²) in [6.45, 7) is 8.85. The summed E-state index contributed by atoms with van der Waals surface area (Å²) in [7, 11) is 0. The molecular weight excluding hydrogens is 690 g/mol. The fourth-order valence-electron chi connectivity index (χ4n) is 4.56. The van der Waals surface area contributed by atoms with E-state index in [1.165, 1.54) is 9.80 Å². The first kappa shape index (κ1) is 42.8. The molecule has 19 heteroatoms. The highest BCUT2D eigenvalue weighted by molar-refractivity contribution is 6.12. The third-order valence-electron chi connectivity index (χ3n) is 6.97. The first-order chi connectivity index (χ1) is 24.1. The van der Waals surface area contributed by atoms with Crippen LogP contribution in [0, 0.1) is 0 Å². The van der Waals surface area contributed by atoms with Gasteiger partial charge in [0.15, 0.2) is 11.6 Å². The zero-order valence-corrected chi connectivity index (χ0v) is 30.4. The Bertz CT molecular complexity index is 1440. The Morgan fingerprint density at radius 1 is 0.692 bits per heavy atom. The summed E-state index contributed by atoms with van der Waals surface area (Å²) in [6.07, 6.45) is -4.40. The Morgan fingerprint density at radius 2 is 1.10 bits per heavy atom. The molecule has 1 aliphatic carbocycles. The second kappa shape index (κ2) is 19.3. The maximum Gasteiger partial charge on any atom is 0.407 e. The smallest absolute Gasteiger partial charge is 0.407 e. The molecule has 2 rings (SSSR count). The van der Waals surface area contributed by atoms with Crippen molar-refractivity contribution in [2.24, 2.45) is 0 Å². The Hall–Kier alpha value is -5.36. The molecule has 1 aromatic heterocycles. The normalized spacial score (nSPS) is 13.3. The van der Waals surface area contributed by atoms with E-state index in [1.54, 1.807) is 41.5 Å². The van der Waals surface area contributed by atoms with Gasteiger partial charge in [-0.05, 0) is 41.5 Å². The van der Waals surface area contributed by atoms with Gasteiger partial charge in [-0.2, -0.15) is 0 Å². The number of hydrogen-bond acceptors (Lipinski definition) is 14. The second-order valence-electron chi connectivity index (χ2n) is 13.7. The second-order valence-corrected chi connectivity index (χ2v) is 13.7. The predicted molar refractivity (Wildman–Crippen MR) is 179 cm³/mol. The standard InChI is InChI=1S/C33H49N5O14/c1-32(2,3)50-30(47)34-15-11-23(41)36(17-13-27(45)49-29-21(39)7-8-22(29)40)19-20-37(24(42)12-16-35-31(48)51-33(4,5)6)18-14-28(46)52-38-25(43)9-10-26(38)44/h9-10,29,43-44H,7-8,11-20H2,1-6H3,(H,34,47)(H,35,48). The number of carbonyl (C=O) groups excluding carboxylic acids is 8. The number of alkyl carbamates (subject to hydrolysis) is 2. The van der Waals surface area contributed by atoms with E-state index in [1.807, 2.05) is 0 Å². The molecule has 1 fully saturated rings. The van der Waals surface area contributed by atoms with Crippen molar-refractivity contribution in [2.75, 3.05) is 39.3 Å². The number of Topliss-reactive ketones (excluding diaryl/α,β-unsaturated/α-hetero) is 2. The van der Waals surface area contributed by atoms with Crippen LogP contribution in [0.4, 0.5) is 9.59 Å². The van der Waals surface area contributed by atoms with Crippen molar-refractivity contribution in [1.29, 1.82) is 0 Å². The largest absolute Gasteiger partial charge is 0.492 e. The number of esters is 1. The number of aromatic hydroxyl groups is 2. The molecule has 0 spiro atoms. The van der Waals surface area contributed by atoms with Gasteiger partial charge >= 0.3 is 24.1 Å². The maximum atomic E-state index is 13.3. The summed E-state index contributed by atoms with van der Waals surface area (Å²) in [5.74, 6) is -5.08. The van der Waals surface area contributed by atoms with E-state index in [0.717, 1.165) is 12.1 Å². The summed E-state index contributed by atoms with van der Waals surface area (Å²) in [5.41, 5.74) is -1.56. The van der Waals surface area contributed by atoms with Crippen molar-refractivity contribution in [1.82, 2.24) is 25.2 Å². The topological polar surface area (TPSA) is 249 Å². The molecule has 0 aliphatic heterocycles. The zero-order chi connectivity index (χ0) is 39.2. The van der Waals surface area contributed by atoms with E-state index in [4.69, 9.17) is 19.0 Å². The van der Waals surface area contributed by atoms with Gasteiger partial charge in [-0.25, -0.2) is 14.4 Å². The lowest BCUT2D eigenvalue weighted by Gasteiger charge is -2.28. The molecular formula is C33H49N5O14. The molecule has 1 heterocycles. The van der Waals surface area contributed by atoms with Crippen molar-refractivity contribution in [3.63, 3.8) is 0 Å². The first-order valence-corrected chi connectivity index (χ1v) is 16.7. The number of ketones is 2. The van der Waals surface area contributed by atoms with Crippen molar-refractivity contribution in [2.45, 2.75) is 97.4 Å². The fraction of sp³-hybridized carbons (Fsp3) is 0.636. The molecule has 1 aliphatic rings. The zero-order valence-electron chi connectivity index (χ0n) is 30.4. The third kappa shape index (κ3) is 15.7. The van der Waals surface area contributed by atoms with Gasteiger partial charge in [0.25, 0.3) is 0 Å². The summed E-state index contributed by atoms with van der Waals surface area (Å²) in [5, 5.41) is 24.5. The molecule has 19 nitrogen and oxygen atoms in total. The molecule has 0 saturated heterocycles. The van der Waals surface area contributed by atoms with Gasteiger partial charge in [-0.15, -0.1) is 4.73 Å². The van der Waals surface area contributed by atoms with Gasteiger partial charge in [-0.3, -0.25) is 24.0 Å². The van der Waals surface area contributed by atoms with Gasteiger partial charge in [-0.1, -0.05) is 0 Å². The number of rotatable bonds is 17. The molecule has 1 saturated carbocycles. The average Bonchev–Trinajstić information content (AvgIpc) is 3.50. The van der Waals surface area contributed by atoms with Crippen LogP contribution in [-0.4, -0.2) is 129 Å². The Labute approximate surface area is 300 Å². The van der Waals surface area contributed by atoms with E-state index in [-0.39, 0.29) is 65.0 Å². The molecule has 290 valence electrons. The highest BCUT2D eigenvalue weighted by atomic mass is 16.7. The average molecular weight is 740 g/mol.